The monoisotopic (exact) mass is 279 g/mol. The van der Waals surface area contributed by atoms with E-state index in [4.69, 9.17) is 4.74 Å². The normalized spacial score (nSPS) is 21.6. The Balaban J connectivity index is 1.84. The van der Waals surface area contributed by atoms with Crippen molar-refractivity contribution in [2.24, 2.45) is 0 Å². The maximum atomic E-state index is 10.6. The summed E-state index contributed by atoms with van der Waals surface area (Å²) >= 11 is 0. The topological polar surface area (TPSA) is 67.6 Å². The number of hydrogen-bond donors (Lipinski definition) is 1. The predicted molar refractivity (Wildman–Crippen MR) is 76.8 cm³/mol. The van der Waals surface area contributed by atoms with Crippen LogP contribution in [0.25, 0.3) is 0 Å². The third-order valence-electron chi connectivity index (χ3n) is 3.60. The van der Waals surface area contributed by atoms with Crippen LogP contribution in [0.4, 0.5) is 5.69 Å². The Bertz CT molecular complexity index is 449. The summed E-state index contributed by atoms with van der Waals surface area (Å²) in [4.78, 5) is 12.5. The van der Waals surface area contributed by atoms with E-state index in [0.717, 1.165) is 31.8 Å². The van der Waals surface area contributed by atoms with E-state index in [1.54, 1.807) is 24.3 Å². The van der Waals surface area contributed by atoms with Crippen molar-refractivity contribution in [1.29, 1.82) is 0 Å². The number of likely N-dealkylation sites (N-methyl/N-ethyl adjacent to an activating group) is 1. The highest BCUT2D eigenvalue weighted by molar-refractivity contribution is 5.34. The molecule has 0 saturated carbocycles. The first kappa shape index (κ1) is 14.9. The number of rotatable bonds is 5. The van der Waals surface area contributed by atoms with Crippen LogP contribution in [0, 0.1) is 10.1 Å². The van der Waals surface area contributed by atoms with Crippen molar-refractivity contribution in [3.05, 3.63) is 39.9 Å². The van der Waals surface area contributed by atoms with E-state index in [1.807, 2.05) is 6.92 Å². The van der Waals surface area contributed by atoms with Crippen molar-refractivity contribution in [3.63, 3.8) is 0 Å². The minimum absolute atomic E-state index is 0.123. The molecule has 2 atom stereocenters. The van der Waals surface area contributed by atoms with Crippen LogP contribution in [0.1, 0.15) is 18.5 Å². The number of morpholine rings is 1. The molecule has 6 nitrogen and oxygen atoms in total. The van der Waals surface area contributed by atoms with Gasteiger partial charge in [0.05, 0.1) is 17.6 Å². The van der Waals surface area contributed by atoms with Gasteiger partial charge in [-0.2, -0.15) is 0 Å². The first-order valence-electron chi connectivity index (χ1n) is 6.84. The Morgan fingerprint density at radius 1 is 1.50 bits per heavy atom. The van der Waals surface area contributed by atoms with E-state index in [0.29, 0.717) is 0 Å². The van der Waals surface area contributed by atoms with Crippen molar-refractivity contribution < 1.29 is 9.66 Å². The van der Waals surface area contributed by atoms with Crippen LogP contribution in [-0.2, 0) is 4.74 Å². The molecule has 1 heterocycles. The number of nitrogens with zero attached hydrogens (tertiary/aromatic N) is 2. The summed E-state index contributed by atoms with van der Waals surface area (Å²) in [5, 5.41) is 14.0. The summed E-state index contributed by atoms with van der Waals surface area (Å²) in [6, 6.07) is 6.82. The molecule has 0 bridgehead atoms. The van der Waals surface area contributed by atoms with Gasteiger partial charge in [0, 0.05) is 37.8 Å². The third-order valence-corrected chi connectivity index (χ3v) is 3.60. The van der Waals surface area contributed by atoms with Crippen LogP contribution in [0.15, 0.2) is 24.3 Å². The zero-order valence-electron chi connectivity index (χ0n) is 11.9. The zero-order chi connectivity index (χ0) is 14.5. The molecule has 0 spiro atoms. The summed E-state index contributed by atoms with van der Waals surface area (Å²) < 4.78 is 5.69. The molecule has 1 fully saturated rings. The van der Waals surface area contributed by atoms with Crippen molar-refractivity contribution in [2.75, 3.05) is 33.3 Å². The quantitative estimate of drug-likeness (QED) is 0.654. The average molecular weight is 279 g/mol. The summed E-state index contributed by atoms with van der Waals surface area (Å²) in [7, 11) is 2.09. The third kappa shape index (κ3) is 4.00. The maximum Gasteiger partial charge on any atom is 0.269 e. The van der Waals surface area contributed by atoms with Gasteiger partial charge in [-0.15, -0.1) is 0 Å². The lowest BCUT2D eigenvalue weighted by Gasteiger charge is -2.31. The maximum absolute atomic E-state index is 10.6. The van der Waals surface area contributed by atoms with Gasteiger partial charge >= 0.3 is 0 Å². The number of non-ortho nitro benzene ring substituents is 1. The molecule has 110 valence electrons. The van der Waals surface area contributed by atoms with Gasteiger partial charge in [-0.3, -0.25) is 10.1 Å². The van der Waals surface area contributed by atoms with Gasteiger partial charge in [-0.05, 0) is 19.5 Å². The second kappa shape index (κ2) is 6.78. The highest BCUT2D eigenvalue weighted by atomic mass is 16.6. The molecule has 2 unspecified atom stereocenters. The fraction of sp³-hybridized carbons (Fsp3) is 0.571. The fourth-order valence-electron chi connectivity index (χ4n) is 2.30. The number of nitrogens with one attached hydrogen (secondary N) is 1. The predicted octanol–water partition coefficient (Wildman–Crippen LogP) is 1.58. The molecule has 6 heteroatoms. The minimum Gasteiger partial charge on any atom is -0.374 e. The first-order valence-corrected chi connectivity index (χ1v) is 6.84. The lowest BCUT2D eigenvalue weighted by molar-refractivity contribution is -0.384. The van der Waals surface area contributed by atoms with E-state index in [9.17, 15) is 10.1 Å². The van der Waals surface area contributed by atoms with Crippen LogP contribution < -0.4 is 5.32 Å². The standard InChI is InChI=1S/C14H21N3O3/c1-11(12-3-5-13(6-4-12)17(18)19)15-9-14-10-16(2)7-8-20-14/h3-6,11,14-15H,7-10H2,1-2H3. The molecule has 2 rings (SSSR count). The van der Waals surface area contributed by atoms with Crippen molar-refractivity contribution in [1.82, 2.24) is 10.2 Å². The lowest BCUT2D eigenvalue weighted by atomic mass is 10.1. The van der Waals surface area contributed by atoms with E-state index in [-0.39, 0.29) is 22.8 Å². The van der Waals surface area contributed by atoms with Crippen LogP contribution in [0.2, 0.25) is 0 Å². The van der Waals surface area contributed by atoms with Crippen LogP contribution in [-0.4, -0.2) is 49.2 Å². The Morgan fingerprint density at radius 2 is 2.20 bits per heavy atom. The van der Waals surface area contributed by atoms with Crippen LogP contribution in [0.5, 0.6) is 0 Å². The second-order valence-corrected chi connectivity index (χ2v) is 5.23. The van der Waals surface area contributed by atoms with Gasteiger partial charge in [0.1, 0.15) is 0 Å². The number of hydrogen-bond acceptors (Lipinski definition) is 5. The summed E-state index contributed by atoms with van der Waals surface area (Å²) in [5.41, 5.74) is 1.16. The molecule has 20 heavy (non-hydrogen) atoms. The highest BCUT2D eigenvalue weighted by Gasteiger charge is 2.18. The molecule has 0 aliphatic carbocycles. The molecule has 1 aromatic carbocycles. The lowest BCUT2D eigenvalue weighted by Crippen LogP contribution is -2.45. The van der Waals surface area contributed by atoms with Gasteiger partial charge in [0.15, 0.2) is 0 Å². The van der Waals surface area contributed by atoms with Gasteiger partial charge in [0.2, 0.25) is 0 Å². The molecular formula is C14H21N3O3. The average Bonchev–Trinajstić information content (AvgIpc) is 2.45. The fourth-order valence-corrected chi connectivity index (χ4v) is 2.30. The molecule has 0 amide bonds. The molecule has 0 aromatic heterocycles. The van der Waals surface area contributed by atoms with E-state index in [1.165, 1.54) is 0 Å². The smallest absolute Gasteiger partial charge is 0.269 e. The highest BCUT2D eigenvalue weighted by Crippen LogP contribution is 2.17. The number of nitro groups is 1. The van der Waals surface area contributed by atoms with Crippen molar-refractivity contribution in [3.8, 4) is 0 Å². The molecule has 1 aliphatic heterocycles. The van der Waals surface area contributed by atoms with Gasteiger partial charge in [0.25, 0.3) is 5.69 Å². The number of nitro benzene ring substituents is 1. The van der Waals surface area contributed by atoms with Crippen LogP contribution >= 0.6 is 0 Å². The van der Waals surface area contributed by atoms with Gasteiger partial charge in [-0.1, -0.05) is 12.1 Å². The molecule has 1 aromatic rings. The van der Waals surface area contributed by atoms with Gasteiger partial charge < -0.3 is 15.0 Å². The SMILES string of the molecule is CC(NCC1CN(C)CCO1)c1ccc([N+](=O)[O-])cc1. The summed E-state index contributed by atoms with van der Waals surface area (Å²) in [6.45, 7) is 5.51. The van der Waals surface area contributed by atoms with Crippen molar-refractivity contribution >= 4 is 5.69 Å². The Hall–Kier alpha value is -1.50. The zero-order valence-corrected chi connectivity index (χ0v) is 11.9. The molecule has 1 N–H and O–H groups in total. The largest absolute Gasteiger partial charge is 0.374 e. The minimum atomic E-state index is -0.381. The number of ether oxygens (including phenoxy) is 1. The Kier molecular flexibility index (Phi) is 5.05. The first-order chi connectivity index (χ1) is 9.56. The summed E-state index contributed by atoms with van der Waals surface area (Å²) in [6.07, 6.45) is 0.203. The Morgan fingerprint density at radius 3 is 2.80 bits per heavy atom. The Labute approximate surface area is 118 Å². The van der Waals surface area contributed by atoms with E-state index < -0.39 is 0 Å². The van der Waals surface area contributed by atoms with Gasteiger partial charge in [-0.25, -0.2) is 0 Å². The molecule has 1 aliphatic rings. The van der Waals surface area contributed by atoms with E-state index >= 15 is 0 Å². The molecular weight excluding hydrogens is 258 g/mol. The van der Waals surface area contributed by atoms with Crippen LogP contribution in [0.3, 0.4) is 0 Å². The molecule has 0 radical (unpaired) electrons. The second-order valence-electron chi connectivity index (χ2n) is 5.23. The molecule has 1 saturated heterocycles. The summed E-state index contributed by atoms with van der Waals surface area (Å²) in [5.74, 6) is 0. The van der Waals surface area contributed by atoms with Crippen molar-refractivity contribution in [2.45, 2.75) is 19.1 Å². The number of benzene rings is 1. The van der Waals surface area contributed by atoms with E-state index in [2.05, 4.69) is 17.3 Å².